The van der Waals surface area contributed by atoms with Crippen molar-refractivity contribution in [1.82, 2.24) is 9.55 Å². The number of aromatic nitrogens is 2. The van der Waals surface area contributed by atoms with E-state index in [1.165, 1.54) is 72.2 Å². The third-order valence-electron chi connectivity index (χ3n) is 9.89. The van der Waals surface area contributed by atoms with Crippen LogP contribution in [-0.4, -0.2) is 9.55 Å². The smallest absolute Gasteiger partial charge is 0.0541 e. The van der Waals surface area contributed by atoms with Crippen molar-refractivity contribution in [3.8, 4) is 27.9 Å². The molecular weight excluding hydrogens is 571 g/mol. The minimum Gasteiger partial charge on any atom is -0.310 e. The molecule has 0 amide bonds. The number of rotatable bonds is 4. The molecular formula is C44H33N3. The van der Waals surface area contributed by atoms with Crippen LogP contribution in [0, 0.1) is 0 Å². The first kappa shape index (κ1) is 27.4. The molecule has 0 aliphatic carbocycles. The number of para-hydroxylation sites is 3. The lowest BCUT2D eigenvalue weighted by molar-refractivity contribution is 0.632. The SMILES string of the molecule is CC1(C)c2ccccc2N(c2ccc(-c3ccncc3)cc2)c2ccc(-c3ccc4c(c3)c3ccccc3n4-c3ccccc3)cc21. The lowest BCUT2D eigenvalue weighted by atomic mass is 9.73. The number of pyridine rings is 1. The topological polar surface area (TPSA) is 21.1 Å². The van der Waals surface area contributed by atoms with E-state index in [2.05, 4.69) is 180 Å². The number of hydrogen-bond donors (Lipinski definition) is 0. The van der Waals surface area contributed by atoms with Crippen LogP contribution in [0.4, 0.5) is 17.1 Å². The molecule has 0 radical (unpaired) electrons. The van der Waals surface area contributed by atoms with Crippen LogP contribution in [0.5, 0.6) is 0 Å². The highest BCUT2D eigenvalue weighted by atomic mass is 15.2. The molecule has 0 saturated heterocycles. The van der Waals surface area contributed by atoms with Gasteiger partial charge in [0.15, 0.2) is 0 Å². The van der Waals surface area contributed by atoms with Crippen LogP contribution < -0.4 is 4.90 Å². The summed E-state index contributed by atoms with van der Waals surface area (Å²) >= 11 is 0. The molecule has 1 aliphatic heterocycles. The molecule has 0 saturated carbocycles. The van der Waals surface area contributed by atoms with E-state index in [0.29, 0.717) is 0 Å². The number of anilines is 3. The molecule has 224 valence electrons. The van der Waals surface area contributed by atoms with Gasteiger partial charge in [-0.1, -0.05) is 92.7 Å². The van der Waals surface area contributed by atoms with Gasteiger partial charge in [0.1, 0.15) is 0 Å². The van der Waals surface area contributed by atoms with Gasteiger partial charge in [0.2, 0.25) is 0 Å². The monoisotopic (exact) mass is 603 g/mol. The summed E-state index contributed by atoms with van der Waals surface area (Å²) in [7, 11) is 0. The molecule has 0 N–H and O–H groups in total. The highest BCUT2D eigenvalue weighted by molar-refractivity contribution is 6.10. The van der Waals surface area contributed by atoms with Crippen molar-refractivity contribution >= 4 is 38.9 Å². The summed E-state index contributed by atoms with van der Waals surface area (Å²) < 4.78 is 2.37. The van der Waals surface area contributed by atoms with Crippen molar-refractivity contribution in [2.45, 2.75) is 19.3 Å². The lowest BCUT2D eigenvalue weighted by Crippen LogP contribution is -2.30. The van der Waals surface area contributed by atoms with Crippen LogP contribution in [0.1, 0.15) is 25.0 Å². The van der Waals surface area contributed by atoms with Crippen LogP contribution >= 0.6 is 0 Å². The normalized spacial score (nSPS) is 13.4. The first-order chi connectivity index (χ1) is 23.1. The van der Waals surface area contributed by atoms with Crippen molar-refractivity contribution < 1.29 is 0 Å². The number of benzene rings is 6. The lowest BCUT2D eigenvalue weighted by Gasteiger charge is -2.42. The molecule has 3 nitrogen and oxygen atoms in total. The van der Waals surface area contributed by atoms with Crippen molar-refractivity contribution in [3.63, 3.8) is 0 Å². The van der Waals surface area contributed by atoms with Crippen LogP contribution in [0.2, 0.25) is 0 Å². The maximum Gasteiger partial charge on any atom is 0.0541 e. The van der Waals surface area contributed by atoms with Crippen LogP contribution in [0.3, 0.4) is 0 Å². The largest absolute Gasteiger partial charge is 0.310 e. The summed E-state index contributed by atoms with van der Waals surface area (Å²) in [4.78, 5) is 6.61. The fourth-order valence-electron chi connectivity index (χ4n) is 7.52. The predicted molar refractivity (Wildman–Crippen MR) is 196 cm³/mol. The Hall–Kier alpha value is -5.93. The Morgan fingerprint density at radius 3 is 1.89 bits per heavy atom. The Bertz CT molecular complexity index is 2420. The molecule has 2 aromatic heterocycles. The van der Waals surface area contributed by atoms with Gasteiger partial charge < -0.3 is 9.47 Å². The summed E-state index contributed by atoms with van der Waals surface area (Å²) in [5, 5.41) is 2.53. The van der Waals surface area contributed by atoms with Gasteiger partial charge in [-0.25, -0.2) is 0 Å². The standard InChI is InChI=1S/C44H33N3/c1-44(2)38-13-7-9-15-42(38)47(35-20-16-30(17-21-35)31-24-26-45-27-25-31)43-23-19-33(29-39(43)44)32-18-22-41-37(28-32)36-12-6-8-14-40(36)46(41)34-10-4-3-5-11-34/h3-29H,1-2H3. The zero-order valence-electron chi connectivity index (χ0n) is 26.4. The fraction of sp³-hybridized carbons (Fsp3) is 0.0682. The molecule has 0 atom stereocenters. The van der Waals surface area contributed by atoms with Gasteiger partial charge in [-0.3, -0.25) is 4.98 Å². The second kappa shape index (κ2) is 10.6. The van der Waals surface area contributed by atoms with Crippen molar-refractivity contribution in [2.75, 3.05) is 4.90 Å². The van der Waals surface area contributed by atoms with Crippen molar-refractivity contribution in [2.24, 2.45) is 0 Å². The molecule has 47 heavy (non-hydrogen) atoms. The van der Waals surface area contributed by atoms with E-state index in [9.17, 15) is 0 Å². The highest BCUT2D eigenvalue weighted by Gasteiger charge is 2.37. The Labute approximate surface area is 275 Å². The van der Waals surface area contributed by atoms with Gasteiger partial charge in [0, 0.05) is 40.0 Å². The van der Waals surface area contributed by atoms with E-state index in [-0.39, 0.29) is 5.41 Å². The van der Waals surface area contributed by atoms with E-state index in [1.54, 1.807) is 0 Å². The van der Waals surface area contributed by atoms with Gasteiger partial charge in [-0.2, -0.15) is 0 Å². The van der Waals surface area contributed by atoms with Gasteiger partial charge >= 0.3 is 0 Å². The van der Waals surface area contributed by atoms with Gasteiger partial charge in [-0.15, -0.1) is 0 Å². The summed E-state index contributed by atoms with van der Waals surface area (Å²) in [6.45, 7) is 4.71. The second-order valence-corrected chi connectivity index (χ2v) is 12.9. The molecule has 3 heteroatoms. The highest BCUT2D eigenvalue weighted by Crippen LogP contribution is 2.52. The van der Waals surface area contributed by atoms with Gasteiger partial charge in [-0.05, 0) is 106 Å². The first-order valence-electron chi connectivity index (χ1n) is 16.2. The van der Waals surface area contributed by atoms with Crippen molar-refractivity contribution in [1.29, 1.82) is 0 Å². The zero-order valence-corrected chi connectivity index (χ0v) is 26.4. The fourth-order valence-corrected chi connectivity index (χ4v) is 7.52. The Balaban J connectivity index is 1.19. The number of fused-ring (bicyclic) bond motifs is 5. The molecule has 9 rings (SSSR count). The summed E-state index contributed by atoms with van der Waals surface area (Å²) in [5.74, 6) is 0. The first-order valence-corrected chi connectivity index (χ1v) is 16.2. The molecule has 0 bridgehead atoms. The second-order valence-electron chi connectivity index (χ2n) is 12.9. The molecule has 8 aromatic rings. The Morgan fingerprint density at radius 2 is 1.06 bits per heavy atom. The van der Waals surface area contributed by atoms with E-state index in [0.717, 1.165) is 5.69 Å². The summed E-state index contributed by atoms with van der Waals surface area (Å²) in [6, 6.07) is 55.2. The zero-order chi connectivity index (χ0) is 31.5. The molecule has 6 aromatic carbocycles. The minimum atomic E-state index is -0.178. The van der Waals surface area contributed by atoms with E-state index in [4.69, 9.17) is 0 Å². The summed E-state index contributed by atoms with van der Waals surface area (Å²) in [5.41, 5.74) is 14.5. The van der Waals surface area contributed by atoms with E-state index in [1.807, 2.05) is 12.4 Å². The van der Waals surface area contributed by atoms with Gasteiger partial charge in [0.05, 0.1) is 22.4 Å². The maximum absolute atomic E-state index is 4.19. The third kappa shape index (κ3) is 4.31. The number of nitrogens with zero attached hydrogens (tertiary/aromatic N) is 3. The molecule has 0 fully saturated rings. The Kier molecular flexibility index (Phi) is 6.16. The Morgan fingerprint density at radius 1 is 0.447 bits per heavy atom. The van der Waals surface area contributed by atoms with E-state index >= 15 is 0 Å². The third-order valence-corrected chi connectivity index (χ3v) is 9.89. The van der Waals surface area contributed by atoms with Crippen LogP contribution in [-0.2, 0) is 5.41 Å². The molecule has 0 spiro atoms. The minimum absolute atomic E-state index is 0.178. The van der Waals surface area contributed by atoms with Crippen LogP contribution in [0.25, 0.3) is 49.7 Å². The van der Waals surface area contributed by atoms with Crippen LogP contribution in [0.15, 0.2) is 164 Å². The van der Waals surface area contributed by atoms with E-state index < -0.39 is 0 Å². The maximum atomic E-state index is 4.19. The predicted octanol–water partition coefficient (Wildman–Crippen LogP) is 11.6. The quantitative estimate of drug-likeness (QED) is 0.200. The average molecular weight is 604 g/mol. The summed E-state index contributed by atoms with van der Waals surface area (Å²) in [6.07, 6.45) is 3.69. The number of hydrogen-bond acceptors (Lipinski definition) is 2. The molecule has 1 aliphatic rings. The molecule has 0 unspecified atom stereocenters. The average Bonchev–Trinajstić information content (AvgIpc) is 3.46. The van der Waals surface area contributed by atoms with Gasteiger partial charge in [0.25, 0.3) is 0 Å². The molecule has 3 heterocycles. The van der Waals surface area contributed by atoms with Crippen molar-refractivity contribution in [3.05, 3.63) is 175 Å².